The number of thiophene rings is 1. The topological polar surface area (TPSA) is 44.8 Å². The maximum absolute atomic E-state index is 4.44. The first-order valence-electron chi connectivity index (χ1n) is 4.85. The first-order chi connectivity index (χ1) is 7.25. The average molecular weight is 222 g/mol. The molecule has 0 amide bonds. The van der Waals surface area contributed by atoms with Gasteiger partial charge in [-0.05, 0) is 25.5 Å². The number of nitrogens with zero attached hydrogens (tertiary/aromatic N) is 3. The van der Waals surface area contributed by atoms with Crippen LogP contribution in [-0.4, -0.2) is 40.7 Å². The first kappa shape index (κ1) is 10.3. The number of nitrogens with one attached hydrogen (secondary N) is 1. The van der Waals surface area contributed by atoms with Crippen LogP contribution in [0.25, 0.3) is 10.7 Å². The zero-order valence-corrected chi connectivity index (χ0v) is 9.71. The van der Waals surface area contributed by atoms with E-state index in [4.69, 9.17) is 0 Å². The van der Waals surface area contributed by atoms with Crippen LogP contribution < -0.4 is 0 Å². The van der Waals surface area contributed by atoms with E-state index in [1.807, 2.05) is 17.5 Å². The van der Waals surface area contributed by atoms with E-state index in [-0.39, 0.29) is 0 Å². The van der Waals surface area contributed by atoms with Gasteiger partial charge in [-0.3, -0.25) is 5.10 Å². The van der Waals surface area contributed by atoms with Crippen molar-refractivity contribution in [3.63, 3.8) is 0 Å². The highest BCUT2D eigenvalue weighted by molar-refractivity contribution is 7.13. The Bertz CT molecular complexity index is 405. The second kappa shape index (κ2) is 4.55. The summed E-state index contributed by atoms with van der Waals surface area (Å²) in [7, 11) is 4.10. The fourth-order valence-electron chi connectivity index (χ4n) is 1.25. The van der Waals surface area contributed by atoms with E-state index in [0.717, 1.165) is 29.5 Å². The molecule has 0 unspecified atom stereocenters. The molecule has 0 aliphatic heterocycles. The van der Waals surface area contributed by atoms with Gasteiger partial charge in [-0.1, -0.05) is 6.07 Å². The van der Waals surface area contributed by atoms with Crippen molar-refractivity contribution in [2.24, 2.45) is 0 Å². The third-order valence-electron chi connectivity index (χ3n) is 2.07. The Morgan fingerprint density at radius 2 is 2.33 bits per heavy atom. The molecule has 2 aromatic heterocycles. The molecule has 0 radical (unpaired) electrons. The van der Waals surface area contributed by atoms with Gasteiger partial charge in [0.2, 0.25) is 0 Å². The first-order valence-corrected chi connectivity index (χ1v) is 5.73. The number of H-pyrrole nitrogens is 1. The minimum Gasteiger partial charge on any atom is -0.309 e. The summed E-state index contributed by atoms with van der Waals surface area (Å²) in [4.78, 5) is 7.69. The van der Waals surface area contributed by atoms with Crippen LogP contribution >= 0.6 is 11.3 Å². The van der Waals surface area contributed by atoms with Crippen LogP contribution in [-0.2, 0) is 6.42 Å². The minimum absolute atomic E-state index is 0.804. The highest BCUT2D eigenvalue weighted by Crippen LogP contribution is 2.20. The molecule has 0 aromatic carbocycles. The van der Waals surface area contributed by atoms with Crippen LogP contribution in [0.3, 0.4) is 0 Å². The van der Waals surface area contributed by atoms with Crippen LogP contribution in [0.4, 0.5) is 0 Å². The lowest BCUT2D eigenvalue weighted by Gasteiger charge is -2.06. The number of hydrogen-bond donors (Lipinski definition) is 1. The SMILES string of the molecule is CN(C)CCc1nc(-c2cccs2)n[nH]1. The molecule has 0 saturated carbocycles. The summed E-state index contributed by atoms with van der Waals surface area (Å²) < 4.78 is 0. The van der Waals surface area contributed by atoms with E-state index in [2.05, 4.69) is 34.2 Å². The Morgan fingerprint density at radius 3 is 3.00 bits per heavy atom. The average Bonchev–Trinajstić information content (AvgIpc) is 2.85. The second-order valence-electron chi connectivity index (χ2n) is 3.64. The van der Waals surface area contributed by atoms with Gasteiger partial charge in [0.15, 0.2) is 5.82 Å². The zero-order chi connectivity index (χ0) is 10.7. The number of aromatic amines is 1. The molecule has 1 N–H and O–H groups in total. The summed E-state index contributed by atoms with van der Waals surface area (Å²) in [5.41, 5.74) is 0. The number of likely N-dealkylation sites (N-methyl/N-ethyl adjacent to an activating group) is 1. The Kier molecular flexibility index (Phi) is 3.13. The molecular formula is C10H14N4S. The van der Waals surface area contributed by atoms with Crippen LogP contribution in [0.2, 0.25) is 0 Å². The van der Waals surface area contributed by atoms with Crippen LogP contribution in [0.5, 0.6) is 0 Å². The standard InChI is InChI=1S/C10H14N4S/c1-14(2)6-5-9-11-10(13-12-9)8-4-3-7-15-8/h3-4,7H,5-6H2,1-2H3,(H,11,12,13). The lowest BCUT2D eigenvalue weighted by atomic mass is 10.4. The molecule has 0 aliphatic rings. The third-order valence-corrected chi connectivity index (χ3v) is 2.93. The van der Waals surface area contributed by atoms with Gasteiger partial charge in [-0.15, -0.1) is 11.3 Å². The molecule has 2 heterocycles. The van der Waals surface area contributed by atoms with Gasteiger partial charge < -0.3 is 4.90 Å². The van der Waals surface area contributed by atoms with E-state index in [9.17, 15) is 0 Å². The van der Waals surface area contributed by atoms with Gasteiger partial charge in [0.25, 0.3) is 0 Å². The molecule has 0 bridgehead atoms. The third kappa shape index (κ3) is 2.64. The summed E-state index contributed by atoms with van der Waals surface area (Å²) >= 11 is 1.66. The van der Waals surface area contributed by atoms with Gasteiger partial charge in [-0.2, -0.15) is 5.10 Å². The van der Waals surface area contributed by atoms with Crippen molar-refractivity contribution in [2.75, 3.05) is 20.6 Å². The van der Waals surface area contributed by atoms with Crippen molar-refractivity contribution >= 4 is 11.3 Å². The molecule has 15 heavy (non-hydrogen) atoms. The minimum atomic E-state index is 0.804. The van der Waals surface area contributed by atoms with Gasteiger partial charge in [0.1, 0.15) is 5.82 Å². The van der Waals surface area contributed by atoms with Crippen molar-refractivity contribution in [3.8, 4) is 10.7 Å². The Balaban J connectivity index is 2.04. The van der Waals surface area contributed by atoms with Gasteiger partial charge in [0.05, 0.1) is 4.88 Å². The predicted molar refractivity (Wildman–Crippen MR) is 62.0 cm³/mol. The smallest absolute Gasteiger partial charge is 0.191 e. The van der Waals surface area contributed by atoms with E-state index < -0.39 is 0 Å². The van der Waals surface area contributed by atoms with E-state index in [1.54, 1.807) is 11.3 Å². The zero-order valence-electron chi connectivity index (χ0n) is 8.90. The molecule has 2 rings (SSSR count). The molecule has 0 spiro atoms. The van der Waals surface area contributed by atoms with Gasteiger partial charge in [-0.25, -0.2) is 4.98 Å². The summed E-state index contributed by atoms with van der Waals surface area (Å²) in [5.74, 6) is 1.76. The molecule has 0 fully saturated rings. The molecule has 80 valence electrons. The molecule has 0 aliphatic carbocycles. The van der Waals surface area contributed by atoms with Crippen molar-refractivity contribution in [1.29, 1.82) is 0 Å². The summed E-state index contributed by atoms with van der Waals surface area (Å²) in [6, 6.07) is 4.04. The summed E-state index contributed by atoms with van der Waals surface area (Å²) in [5, 5.41) is 9.19. The molecular weight excluding hydrogens is 208 g/mol. The monoisotopic (exact) mass is 222 g/mol. The molecule has 2 aromatic rings. The Hall–Kier alpha value is -1.20. The Morgan fingerprint density at radius 1 is 1.47 bits per heavy atom. The van der Waals surface area contributed by atoms with Crippen molar-refractivity contribution in [1.82, 2.24) is 20.1 Å². The summed E-state index contributed by atoms with van der Waals surface area (Å²) in [6.07, 6.45) is 0.908. The van der Waals surface area contributed by atoms with Crippen LogP contribution in [0.1, 0.15) is 5.82 Å². The highest BCUT2D eigenvalue weighted by atomic mass is 32.1. The molecule has 5 heteroatoms. The van der Waals surface area contributed by atoms with E-state index >= 15 is 0 Å². The number of rotatable bonds is 4. The number of hydrogen-bond acceptors (Lipinski definition) is 4. The largest absolute Gasteiger partial charge is 0.309 e. The van der Waals surface area contributed by atoms with E-state index in [0.29, 0.717) is 0 Å². The Labute approximate surface area is 93.0 Å². The van der Waals surface area contributed by atoms with Gasteiger partial charge >= 0.3 is 0 Å². The number of aromatic nitrogens is 3. The van der Waals surface area contributed by atoms with Crippen molar-refractivity contribution < 1.29 is 0 Å². The van der Waals surface area contributed by atoms with Crippen molar-refractivity contribution in [2.45, 2.75) is 6.42 Å². The lowest BCUT2D eigenvalue weighted by molar-refractivity contribution is 0.410. The normalized spacial score (nSPS) is 11.1. The summed E-state index contributed by atoms with van der Waals surface area (Å²) in [6.45, 7) is 0.985. The van der Waals surface area contributed by atoms with Crippen molar-refractivity contribution in [3.05, 3.63) is 23.3 Å². The second-order valence-corrected chi connectivity index (χ2v) is 4.58. The predicted octanol–water partition coefficient (Wildman–Crippen LogP) is 1.64. The molecule has 0 atom stereocenters. The van der Waals surface area contributed by atoms with Crippen LogP contribution in [0, 0.1) is 0 Å². The fraction of sp³-hybridized carbons (Fsp3) is 0.400. The highest BCUT2D eigenvalue weighted by Gasteiger charge is 2.06. The quantitative estimate of drug-likeness (QED) is 0.855. The lowest BCUT2D eigenvalue weighted by Crippen LogP contribution is -2.15. The fourth-order valence-corrected chi connectivity index (χ4v) is 1.91. The maximum atomic E-state index is 4.44. The van der Waals surface area contributed by atoms with Gasteiger partial charge in [0, 0.05) is 13.0 Å². The van der Waals surface area contributed by atoms with Crippen LogP contribution in [0.15, 0.2) is 17.5 Å². The molecule has 0 saturated heterocycles. The molecule has 4 nitrogen and oxygen atoms in total. The van der Waals surface area contributed by atoms with E-state index in [1.165, 1.54) is 0 Å². The maximum Gasteiger partial charge on any atom is 0.191 e.